The van der Waals surface area contributed by atoms with E-state index in [1.165, 1.54) is 0 Å². The summed E-state index contributed by atoms with van der Waals surface area (Å²) in [5.74, 6) is 0.517. The molecule has 18 heavy (non-hydrogen) atoms. The standard InChI is InChI=1S/C13H20N4O/c1-10(2)5-12(18)8-15-6-11-7-16-13-9-14-3-4-17(11)13/h3-4,7,9-10,12,15,18H,5-6,8H2,1-2H3. The zero-order chi connectivity index (χ0) is 13.0. The second-order valence-electron chi connectivity index (χ2n) is 4.97. The third-order valence-corrected chi connectivity index (χ3v) is 2.82. The van der Waals surface area contributed by atoms with Gasteiger partial charge in [-0.1, -0.05) is 13.8 Å². The van der Waals surface area contributed by atoms with Crippen molar-refractivity contribution in [2.24, 2.45) is 5.92 Å². The summed E-state index contributed by atoms with van der Waals surface area (Å²) in [6.07, 6.45) is 7.74. The number of hydrogen-bond donors (Lipinski definition) is 2. The minimum Gasteiger partial charge on any atom is -0.392 e. The molecule has 0 saturated carbocycles. The van der Waals surface area contributed by atoms with E-state index in [9.17, 15) is 5.11 Å². The van der Waals surface area contributed by atoms with Crippen LogP contribution in [0.15, 0.2) is 24.8 Å². The number of imidazole rings is 1. The summed E-state index contributed by atoms with van der Waals surface area (Å²) in [5.41, 5.74) is 1.92. The second kappa shape index (κ2) is 5.93. The minimum atomic E-state index is -0.286. The van der Waals surface area contributed by atoms with E-state index < -0.39 is 0 Å². The van der Waals surface area contributed by atoms with Gasteiger partial charge in [0.1, 0.15) is 0 Å². The van der Waals surface area contributed by atoms with Crippen molar-refractivity contribution in [1.29, 1.82) is 0 Å². The van der Waals surface area contributed by atoms with Crippen LogP contribution in [0.25, 0.3) is 5.65 Å². The molecule has 1 unspecified atom stereocenters. The van der Waals surface area contributed by atoms with Crippen molar-refractivity contribution in [3.63, 3.8) is 0 Å². The van der Waals surface area contributed by atoms with Crippen molar-refractivity contribution >= 4 is 5.65 Å². The van der Waals surface area contributed by atoms with Gasteiger partial charge in [-0.2, -0.15) is 0 Å². The number of fused-ring (bicyclic) bond motifs is 1. The lowest BCUT2D eigenvalue weighted by atomic mass is 10.1. The van der Waals surface area contributed by atoms with Gasteiger partial charge in [-0.3, -0.25) is 9.38 Å². The number of rotatable bonds is 6. The molecule has 2 N–H and O–H groups in total. The Kier molecular flexibility index (Phi) is 4.28. The highest BCUT2D eigenvalue weighted by molar-refractivity contribution is 5.36. The van der Waals surface area contributed by atoms with E-state index in [0.29, 0.717) is 19.0 Å². The van der Waals surface area contributed by atoms with Crippen LogP contribution >= 0.6 is 0 Å². The Balaban J connectivity index is 1.87. The number of nitrogens with zero attached hydrogens (tertiary/aromatic N) is 3. The van der Waals surface area contributed by atoms with Gasteiger partial charge in [0.05, 0.1) is 24.2 Å². The molecule has 0 fully saturated rings. The van der Waals surface area contributed by atoms with Crippen LogP contribution in [0.1, 0.15) is 26.0 Å². The van der Waals surface area contributed by atoms with Crippen LogP contribution in [-0.2, 0) is 6.54 Å². The Hall–Kier alpha value is -1.46. The maximum absolute atomic E-state index is 9.77. The first-order valence-corrected chi connectivity index (χ1v) is 6.31. The fourth-order valence-electron chi connectivity index (χ4n) is 2.02. The van der Waals surface area contributed by atoms with Crippen molar-refractivity contribution in [3.05, 3.63) is 30.5 Å². The molecule has 2 heterocycles. The molecule has 98 valence electrons. The predicted octanol–water partition coefficient (Wildman–Crippen LogP) is 1.23. The number of nitrogens with one attached hydrogen (secondary N) is 1. The summed E-state index contributed by atoms with van der Waals surface area (Å²) in [6.45, 7) is 5.53. The maximum Gasteiger partial charge on any atom is 0.155 e. The predicted molar refractivity (Wildman–Crippen MR) is 70.2 cm³/mol. The van der Waals surface area contributed by atoms with E-state index in [-0.39, 0.29) is 6.10 Å². The van der Waals surface area contributed by atoms with Crippen LogP contribution in [0.5, 0.6) is 0 Å². The monoisotopic (exact) mass is 248 g/mol. The SMILES string of the molecule is CC(C)CC(O)CNCc1cnc2cnccn12. The Bertz CT molecular complexity index is 494. The van der Waals surface area contributed by atoms with E-state index in [2.05, 4.69) is 29.1 Å². The lowest BCUT2D eigenvalue weighted by molar-refractivity contribution is 0.146. The molecule has 5 heteroatoms. The molecule has 1 atom stereocenters. The van der Waals surface area contributed by atoms with Crippen LogP contribution in [0, 0.1) is 5.92 Å². The molecule has 0 saturated heterocycles. The van der Waals surface area contributed by atoms with Crippen molar-refractivity contribution < 1.29 is 5.11 Å². The molecular formula is C13H20N4O. The number of aliphatic hydroxyl groups is 1. The summed E-state index contributed by atoms with van der Waals surface area (Å²) in [7, 11) is 0. The second-order valence-corrected chi connectivity index (χ2v) is 4.97. The Morgan fingerprint density at radius 1 is 1.39 bits per heavy atom. The first-order chi connectivity index (χ1) is 8.66. The van der Waals surface area contributed by atoms with Crippen LogP contribution in [0.2, 0.25) is 0 Å². The van der Waals surface area contributed by atoms with Crippen LogP contribution in [0.3, 0.4) is 0 Å². The molecule has 2 aromatic heterocycles. The zero-order valence-corrected chi connectivity index (χ0v) is 10.9. The summed E-state index contributed by atoms with van der Waals surface area (Å²) in [5, 5.41) is 13.0. The summed E-state index contributed by atoms with van der Waals surface area (Å²) >= 11 is 0. The van der Waals surface area contributed by atoms with E-state index in [1.54, 1.807) is 12.4 Å². The molecule has 0 aliphatic heterocycles. The van der Waals surface area contributed by atoms with E-state index in [4.69, 9.17) is 0 Å². The molecule has 0 aliphatic rings. The summed E-state index contributed by atoms with van der Waals surface area (Å²) in [6, 6.07) is 0. The Morgan fingerprint density at radius 2 is 2.22 bits per heavy atom. The van der Waals surface area contributed by atoms with Crippen LogP contribution < -0.4 is 5.32 Å². The summed E-state index contributed by atoms with van der Waals surface area (Å²) < 4.78 is 1.99. The van der Waals surface area contributed by atoms with Crippen molar-refractivity contribution in [3.8, 4) is 0 Å². The van der Waals surface area contributed by atoms with Crippen molar-refractivity contribution in [2.75, 3.05) is 6.54 Å². The minimum absolute atomic E-state index is 0.286. The number of aliphatic hydroxyl groups excluding tert-OH is 1. The molecule has 0 aromatic carbocycles. The Labute approximate surface area is 107 Å². The summed E-state index contributed by atoms with van der Waals surface area (Å²) in [4.78, 5) is 8.29. The lowest BCUT2D eigenvalue weighted by Crippen LogP contribution is -2.27. The average Bonchev–Trinajstić information content (AvgIpc) is 2.72. The highest BCUT2D eigenvalue weighted by atomic mass is 16.3. The van der Waals surface area contributed by atoms with Gasteiger partial charge in [0.15, 0.2) is 5.65 Å². The fraction of sp³-hybridized carbons (Fsp3) is 0.538. The van der Waals surface area contributed by atoms with Gasteiger partial charge in [-0.05, 0) is 12.3 Å². The van der Waals surface area contributed by atoms with Gasteiger partial charge in [0.25, 0.3) is 0 Å². The molecular weight excluding hydrogens is 228 g/mol. The third kappa shape index (κ3) is 3.27. The molecule has 0 amide bonds. The van der Waals surface area contributed by atoms with Gasteiger partial charge in [-0.25, -0.2) is 4.98 Å². The quantitative estimate of drug-likeness (QED) is 0.807. The smallest absolute Gasteiger partial charge is 0.155 e. The van der Waals surface area contributed by atoms with Crippen molar-refractivity contribution in [2.45, 2.75) is 32.9 Å². The lowest BCUT2D eigenvalue weighted by Gasteiger charge is -2.13. The van der Waals surface area contributed by atoms with Crippen LogP contribution in [-0.4, -0.2) is 32.1 Å². The number of hydrogen-bond acceptors (Lipinski definition) is 4. The Morgan fingerprint density at radius 3 is 3.00 bits per heavy atom. The molecule has 0 radical (unpaired) electrons. The van der Waals surface area contributed by atoms with E-state index in [1.807, 2.05) is 16.8 Å². The van der Waals surface area contributed by atoms with Gasteiger partial charge < -0.3 is 10.4 Å². The molecule has 5 nitrogen and oxygen atoms in total. The van der Waals surface area contributed by atoms with Crippen LogP contribution in [0.4, 0.5) is 0 Å². The zero-order valence-electron chi connectivity index (χ0n) is 10.9. The molecule has 0 bridgehead atoms. The van der Waals surface area contributed by atoms with Gasteiger partial charge in [0.2, 0.25) is 0 Å². The van der Waals surface area contributed by atoms with Crippen molar-refractivity contribution in [1.82, 2.24) is 19.7 Å². The number of aromatic nitrogens is 3. The fourth-order valence-corrected chi connectivity index (χ4v) is 2.02. The van der Waals surface area contributed by atoms with E-state index >= 15 is 0 Å². The first-order valence-electron chi connectivity index (χ1n) is 6.31. The average molecular weight is 248 g/mol. The first kappa shape index (κ1) is 13.0. The third-order valence-electron chi connectivity index (χ3n) is 2.82. The van der Waals surface area contributed by atoms with E-state index in [0.717, 1.165) is 17.8 Å². The van der Waals surface area contributed by atoms with Gasteiger partial charge >= 0.3 is 0 Å². The van der Waals surface area contributed by atoms with Gasteiger partial charge in [0, 0.05) is 25.5 Å². The normalized spacial score (nSPS) is 13.3. The highest BCUT2D eigenvalue weighted by Gasteiger charge is 2.07. The molecule has 2 aromatic rings. The highest BCUT2D eigenvalue weighted by Crippen LogP contribution is 2.05. The molecule has 0 aliphatic carbocycles. The largest absolute Gasteiger partial charge is 0.392 e. The maximum atomic E-state index is 9.77. The molecule has 0 spiro atoms. The van der Waals surface area contributed by atoms with Gasteiger partial charge in [-0.15, -0.1) is 0 Å². The topological polar surface area (TPSA) is 62.5 Å². The molecule has 2 rings (SSSR count).